The van der Waals surface area contributed by atoms with Gasteiger partial charge in [-0.2, -0.15) is 0 Å². The van der Waals surface area contributed by atoms with Crippen molar-refractivity contribution in [2.24, 2.45) is 16.6 Å². The molecule has 2 aliphatic heterocycles. The van der Waals surface area contributed by atoms with E-state index in [2.05, 4.69) is 67.5 Å². The first kappa shape index (κ1) is 27.3. The average molecular weight is 499 g/mol. The second-order valence-electron chi connectivity index (χ2n) is 13.1. The van der Waals surface area contributed by atoms with E-state index in [4.69, 9.17) is 10.5 Å². The standard InChI is InChI=1S/C30H50N4O2/c1-7-26(28(31)35)33-14-16-34(17-15-33)27-9-8-23(32-12-10-24(36-6)11-13-32)18-25(27)22-19-29(2,3)21-30(4,5)20-22/h8-9,18,22,24,26H,7,10-17,19-21H2,1-6H3,(H2,31,35). The third kappa shape index (κ3) is 6.19. The Morgan fingerprint density at radius 3 is 2.14 bits per heavy atom. The summed E-state index contributed by atoms with van der Waals surface area (Å²) >= 11 is 0. The molecule has 2 N–H and O–H groups in total. The predicted octanol–water partition coefficient (Wildman–Crippen LogP) is 5.01. The van der Waals surface area contributed by atoms with Crippen LogP contribution in [0.25, 0.3) is 0 Å². The van der Waals surface area contributed by atoms with Gasteiger partial charge in [0.05, 0.1) is 12.1 Å². The number of nitrogens with two attached hydrogens (primary N) is 1. The number of carbonyl (C=O) groups excluding carboxylic acids is 1. The van der Waals surface area contributed by atoms with E-state index in [0.717, 1.165) is 58.5 Å². The van der Waals surface area contributed by atoms with Crippen LogP contribution in [-0.4, -0.2) is 69.3 Å². The lowest BCUT2D eigenvalue weighted by Gasteiger charge is -2.47. The molecule has 0 radical (unpaired) electrons. The molecule has 0 bridgehead atoms. The summed E-state index contributed by atoms with van der Waals surface area (Å²) < 4.78 is 5.62. The monoisotopic (exact) mass is 498 g/mol. The van der Waals surface area contributed by atoms with Crippen LogP contribution in [0.15, 0.2) is 18.2 Å². The van der Waals surface area contributed by atoms with Gasteiger partial charge in [-0.3, -0.25) is 9.69 Å². The van der Waals surface area contributed by atoms with E-state index in [1.54, 1.807) is 0 Å². The third-order valence-electron chi connectivity index (χ3n) is 8.96. The molecular weight excluding hydrogens is 448 g/mol. The summed E-state index contributed by atoms with van der Waals surface area (Å²) in [6.45, 7) is 17.6. The zero-order valence-corrected chi connectivity index (χ0v) is 23.7. The van der Waals surface area contributed by atoms with Gasteiger partial charge >= 0.3 is 0 Å². The molecule has 1 atom stereocenters. The van der Waals surface area contributed by atoms with Gasteiger partial charge in [-0.25, -0.2) is 0 Å². The highest BCUT2D eigenvalue weighted by molar-refractivity contribution is 5.79. The van der Waals surface area contributed by atoms with Crippen LogP contribution in [0.4, 0.5) is 11.4 Å². The molecule has 2 saturated heterocycles. The van der Waals surface area contributed by atoms with Crippen LogP contribution in [0.5, 0.6) is 0 Å². The number of piperidine rings is 1. The topological polar surface area (TPSA) is 62.0 Å². The van der Waals surface area contributed by atoms with Gasteiger partial charge in [0.1, 0.15) is 0 Å². The van der Waals surface area contributed by atoms with Crippen molar-refractivity contribution in [2.45, 2.75) is 91.2 Å². The lowest BCUT2D eigenvalue weighted by atomic mass is 9.60. The minimum absolute atomic E-state index is 0.149. The highest BCUT2D eigenvalue weighted by atomic mass is 16.5. The molecule has 1 unspecified atom stereocenters. The maximum Gasteiger partial charge on any atom is 0.234 e. The molecule has 3 aliphatic rings. The van der Waals surface area contributed by atoms with Gasteiger partial charge in [0, 0.05) is 57.8 Å². The largest absolute Gasteiger partial charge is 0.381 e. The number of methoxy groups -OCH3 is 1. The van der Waals surface area contributed by atoms with Crippen LogP contribution in [0.1, 0.15) is 84.6 Å². The van der Waals surface area contributed by atoms with Crippen LogP contribution >= 0.6 is 0 Å². The number of carbonyl (C=O) groups is 1. The molecule has 1 saturated carbocycles. The third-order valence-corrected chi connectivity index (χ3v) is 8.96. The summed E-state index contributed by atoms with van der Waals surface area (Å²) in [6.07, 6.45) is 7.11. The average Bonchev–Trinajstić information content (AvgIpc) is 2.82. The number of benzene rings is 1. The first-order chi connectivity index (χ1) is 17.0. The van der Waals surface area contributed by atoms with Crippen molar-refractivity contribution in [3.05, 3.63) is 23.8 Å². The van der Waals surface area contributed by atoms with Crippen LogP contribution in [0.2, 0.25) is 0 Å². The highest BCUT2D eigenvalue weighted by Crippen LogP contribution is 2.53. The van der Waals surface area contributed by atoms with E-state index in [0.29, 0.717) is 22.9 Å². The summed E-state index contributed by atoms with van der Waals surface area (Å²) in [6, 6.07) is 7.11. The van der Waals surface area contributed by atoms with E-state index < -0.39 is 0 Å². The number of hydrogen-bond acceptors (Lipinski definition) is 5. The Hall–Kier alpha value is -1.79. The van der Waals surface area contributed by atoms with Crippen LogP contribution in [0, 0.1) is 10.8 Å². The quantitative estimate of drug-likeness (QED) is 0.573. The summed E-state index contributed by atoms with van der Waals surface area (Å²) in [5.74, 6) is 0.363. The summed E-state index contributed by atoms with van der Waals surface area (Å²) in [7, 11) is 1.84. The van der Waals surface area contributed by atoms with E-state index in [9.17, 15) is 4.79 Å². The molecule has 202 valence electrons. The van der Waals surface area contributed by atoms with E-state index in [1.807, 2.05) is 7.11 Å². The molecular formula is C30H50N4O2. The zero-order chi connectivity index (χ0) is 26.1. The van der Waals surface area contributed by atoms with Gasteiger partial charge in [0.2, 0.25) is 5.91 Å². The van der Waals surface area contributed by atoms with Crippen LogP contribution < -0.4 is 15.5 Å². The van der Waals surface area contributed by atoms with E-state index >= 15 is 0 Å². The number of amides is 1. The van der Waals surface area contributed by atoms with Gasteiger partial charge in [-0.15, -0.1) is 0 Å². The minimum atomic E-state index is -0.195. The molecule has 2 heterocycles. The lowest BCUT2D eigenvalue weighted by molar-refractivity contribution is -0.123. The van der Waals surface area contributed by atoms with Gasteiger partial charge in [0.15, 0.2) is 0 Å². The fraction of sp³-hybridized carbons (Fsp3) is 0.767. The van der Waals surface area contributed by atoms with Gasteiger partial charge in [-0.1, -0.05) is 34.6 Å². The van der Waals surface area contributed by atoms with E-state index in [-0.39, 0.29) is 11.9 Å². The van der Waals surface area contributed by atoms with Crippen molar-refractivity contribution in [1.29, 1.82) is 0 Å². The summed E-state index contributed by atoms with van der Waals surface area (Å²) in [5, 5.41) is 0. The minimum Gasteiger partial charge on any atom is -0.381 e. The molecule has 36 heavy (non-hydrogen) atoms. The Bertz CT molecular complexity index is 882. The van der Waals surface area contributed by atoms with Crippen LogP contribution in [-0.2, 0) is 9.53 Å². The maximum atomic E-state index is 11.9. The van der Waals surface area contributed by atoms with Crippen molar-refractivity contribution in [2.75, 3.05) is 56.2 Å². The molecule has 0 aromatic heterocycles. The van der Waals surface area contributed by atoms with Gasteiger partial charge < -0.3 is 20.3 Å². The molecule has 1 amide bonds. The first-order valence-corrected chi connectivity index (χ1v) is 14.2. The molecule has 1 aliphatic carbocycles. The molecule has 1 aromatic rings. The van der Waals surface area contributed by atoms with Gasteiger partial charge in [0.25, 0.3) is 0 Å². The highest BCUT2D eigenvalue weighted by Gasteiger charge is 2.40. The van der Waals surface area contributed by atoms with Crippen molar-refractivity contribution in [3.8, 4) is 0 Å². The van der Waals surface area contributed by atoms with Crippen molar-refractivity contribution in [1.82, 2.24) is 4.90 Å². The fourth-order valence-corrected chi connectivity index (χ4v) is 7.68. The fourth-order valence-electron chi connectivity index (χ4n) is 7.68. The molecule has 3 fully saturated rings. The number of anilines is 2. The SMILES string of the molecule is CCC(C(N)=O)N1CCN(c2ccc(N3CCC(OC)CC3)cc2C2CC(C)(C)CC(C)(C)C2)CC1. The molecule has 1 aromatic carbocycles. The molecule has 6 nitrogen and oxygen atoms in total. The zero-order valence-electron chi connectivity index (χ0n) is 23.7. The van der Waals surface area contributed by atoms with Crippen molar-refractivity contribution >= 4 is 17.3 Å². The maximum absolute atomic E-state index is 11.9. The Morgan fingerprint density at radius 1 is 1.00 bits per heavy atom. The number of nitrogens with zero attached hydrogens (tertiary/aromatic N) is 3. The second kappa shape index (κ2) is 10.9. The Kier molecular flexibility index (Phi) is 8.25. The molecule has 6 heteroatoms. The van der Waals surface area contributed by atoms with Crippen molar-refractivity contribution in [3.63, 3.8) is 0 Å². The van der Waals surface area contributed by atoms with Crippen LogP contribution in [0.3, 0.4) is 0 Å². The Balaban J connectivity index is 1.61. The number of rotatable bonds is 7. The smallest absolute Gasteiger partial charge is 0.234 e. The van der Waals surface area contributed by atoms with Crippen molar-refractivity contribution < 1.29 is 9.53 Å². The predicted molar refractivity (Wildman–Crippen MR) is 150 cm³/mol. The number of hydrogen-bond donors (Lipinski definition) is 1. The Labute approximate surface area is 219 Å². The molecule has 4 rings (SSSR count). The number of piperazine rings is 1. The number of primary amides is 1. The lowest BCUT2D eigenvalue weighted by Crippen LogP contribution is -2.54. The first-order valence-electron chi connectivity index (χ1n) is 14.2. The Morgan fingerprint density at radius 2 is 1.61 bits per heavy atom. The second-order valence-corrected chi connectivity index (χ2v) is 13.1. The molecule has 0 spiro atoms. The summed E-state index contributed by atoms with van der Waals surface area (Å²) in [4.78, 5) is 19.3. The summed E-state index contributed by atoms with van der Waals surface area (Å²) in [5.41, 5.74) is 10.7. The normalized spacial score (nSPS) is 24.6. The van der Waals surface area contributed by atoms with E-state index in [1.165, 1.54) is 36.2 Å². The number of ether oxygens (including phenoxy) is 1. The van der Waals surface area contributed by atoms with Gasteiger partial charge in [-0.05, 0) is 79.0 Å².